The summed E-state index contributed by atoms with van der Waals surface area (Å²) in [6.45, 7) is 7.51. The van der Waals surface area contributed by atoms with Gasteiger partial charge in [0.2, 0.25) is 5.95 Å². The maximum absolute atomic E-state index is 13.4. The maximum Gasteiger partial charge on any atom is 0.355 e. The van der Waals surface area contributed by atoms with Gasteiger partial charge in [0, 0.05) is 5.69 Å². The highest BCUT2D eigenvalue weighted by atomic mass is 16.5. The number of carbonyl (C=O) groups is 1. The van der Waals surface area contributed by atoms with E-state index < -0.39 is 17.3 Å². The van der Waals surface area contributed by atoms with E-state index in [1.807, 2.05) is 12.1 Å². The van der Waals surface area contributed by atoms with Gasteiger partial charge < -0.3 is 14.8 Å². The molecule has 3 rings (SSSR count). The molecule has 0 radical (unpaired) electrons. The van der Waals surface area contributed by atoms with Crippen LogP contribution in [0.1, 0.15) is 15.9 Å². The number of carbonyl (C=O) groups excluding carboxylic acids is 1. The highest BCUT2D eigenvalue weighted by Gasteiger charge is 2.15. The highest BCUT2D eigenvalue weighted by Crippen LogP contribution is 2.17. The lowest BCUT2D eigenvalue weighted by atomic mass is 10.2. The number of nitrogens with zero attached hydrogens (tertiary/aromatic N) is 3. The molecule has 0 fully saturated rings. The minimum absolute atomic E-state index is 0.00307. The first-order valence-electron chi connectivity index (χ1n) is 10.6. The Hall–Kier alpha value is -4.66. The van der Waals surface area contributed by atoms with Crippen molar-refractivity contribution in [1.29, 1.82) is 0 Å². The van der Waals surface area contributed by atoms with Gasteiger partial charge in [0.1, 0.15) is 5.75 Å². The van der Waals surface area contributed by atoms with Crippen LogP contribution in [0.15, 0.2) is 95.1 Å². The molecule has 3 aromatic rings. The first-order chi connectivity index (χ1) is 16.9. The van der Waals surface area contributed by atoms with Crippen LogP contribution in [0.3, 0.4) is 0 Å². The van der Waals surface area contributed by atoms with E-state index in [0.29, 0.717) is 22.6 Å². The minimum atomic E-state index is -0.716. The van der Waals surface area contributed by atoms with Gasteiger partial charge in [0.05, 0.1) is 32.9 Å². The fourth-order valence-electron chi connectivity index (χ4n) is 3.27. The normalized spacial score (nSPS) is 11.0. The summed E-state index contributed by atoms with van der Waals surface area (Å²) in [5.41, 5.74) is 1.06. The van der Waals surface area contributed by atoms with Gasteiger partial charge in [-0.15, -0.1) is 0 Å². The number of allylic oxidation sites excluding steroid dienone is 4. The van der Waals surface area contributed by atoms with Crippen LogP contribution in [-0.2, 0) is 17.8 Å². The molecule has 0 atom stereocenters. The zero-order chi connectivity index (χ0) is 25.4. The molecule has 0 spiro atoms. The Morgan fingerprint density at radius 2 is 1.71 bits per heavy atom. The Morgan fingerprint density at radius 3 is 2.29 bits per heavy atom. The second kappa shape index (κ2) is 11.5. The number of hydrogen-bond acceptors (Lipinski definition) is 7. The van der Waals surface area contributed by atoms with Crippen LogP contribution in [0.5, 0.6) is 5.75 Å². The van der Waals surface area contributed by atoms with Crippen molar-refractivity contribution < 1.29 is 14.3 Å². The van der Waals surface area contributed by atoms with Crippen molar-refractivity contribution in [2.45, 2.75) is 13.1 Å². The van der Waals surface area contributed by atoms with Crippen molar-refractivity contribution >= 4 is 17.6 Å². The lowest BCUT2D eigenvalue weighted by molar-refractivity contribution is 0.0601. The fraction of sp³-hybridized carbons (Fsp3) is 0.154. The fourth-order valence-corrected chi connectivity index (χ4v) is 3.27. The van der Waals surface area contributed by atoms with Crippen molar-refractivity contribution in [2.24, 2.45) is 0 Å². The highest BCUT2D eigenvalue weighted by molar-refractivity contribution is 5.89. The molecular formula is C26H26N4O5. The van der Waals surface area contributed by atoms with E-state index in [-0.39, 0.29) is 19.0 Å². The summed E-state index contributed by atoms with van der Waals surface area (Å²) in [5.74, 6) is 0.267. The predicted octanol–water partition coefficient (Wildman–Crippen LogP) is 3.29. The van der Waals surface area contributed by atoms with Gasteiger partial charge >= 0.3 is 17.3 Å². The zero-order valence-electron chi connectivity index (χ0n) is 19.6. The molecule has 0 amide bonds. The SMILES string of the molecule is C=C/C=C(\C=C)Cn1c(=O)nc(Nc2ccc(C(=O)OC)cc2)n(Cc2ccc(OC)cc2)c1=O. The van der Waals surface area contributed by atoms with Crippen LogP contribution in [0.25, 0.3) is 0 Å². The average Bonchev–Trinajstić information content (AvgIpc) is 2.88. The van der Waals surface area contributed by atoms with Crippen LogP contribution < -0.4 is 21.4 Å². The summed E-state index contributed by atoms with van der Waals surface area (Å²) in [7, 11) is 2.87. The molecule has 0 bridgehead atoms. The first kappa shape index (κ1) is 25.0. The van der Waals surface area contributed by atoms with E-state index >= 15 is 0 Å². The van der Waals surface area contributed by atoms with Crippen molar-refractivity contribution in [3.05, 3.63) is 118 Å². The summed E-state index contributed by atoms with van der Waals surface area (Å²) >= 11 is 0. The molecule has 0 saturated heterocycles. The first-order valence-corrected chi connectivity index (χ1v) is 10.6. The molecule has 0 aliphatic carbocycles. The molecule has 1 N–H and O–H groups in total. The van der Waals surface area contributed by atoms with E-state index in [4.69, 9.17) is 9.47 Å². The third-order valence-corrected chi connectivity index (χ3v) is 5.15. The zero-order valence-corrected chi connectivity index (χ0v) is 19.6. The summed E-state index contributed by atoms with van der Waals surface area (Å²) < 4.78 is 12.3. The predicted molar refractivity (Wildman–Crippen MR) is 134 cm³/mol. The number of aromatic nitrogens is 3. The Bertz CT molecular complexity index is 1370. The van der Waals surface area contributed by atoms with Gasteiger partial charge in [0.25, 0.3) is 0 Å². The van der Waals surface area contributed by atoms with E-state index in [2.05, 4.69) is 23.5 Å². The van der Waals surface area contributed by atoms with Crippen molar-refractivity contribution in [2.75, 3.05) is 19.5 Å². The van der Waals surface area contributed by atoms with Crippen molar-refractivity contribution in [1.82, 2.24) is 14.1 Å². The lowest BCUT2D eigenvalue weighted by Gasteiger charge is -2.16. The Morgan fingerprint density at radius 1 is 1.03 bits per heavy atom. The summed E-state index contributed by atoms with van der Waals surface area (Å²) in [4.78, 5) is 42.1. The third kappa shape index (κ3) is 6.02. The molecule has 9 heteroatoms. The number of anilines is 2. The van der Waals surface area contributed by atoms with Gasteiger partial charge in [-0.25, -0.2) is 19.0 Å². The Balaban J connectivity index is 2.06. The maximum atomic E-state index is 13.4. The molecule has 0 aliphatic heterocycles. The monoisotopic (exact) mass is 474 g/mol. The standard InChI is InChI=1S/C26H26N4O5/c1-5-7-18(6-2)16-30-25(32)28-24(27-21-12-10-20(11-13-21)23(31)35-4)29(26(30)33)17-19-8-14-22(34-3)15-9-19/h5-15H,1-2,16-17H2,3-4H3,(H,27,28,32)/b18-7+. The van der Waals surface area contributed by atoms with Gasteiger partial charge in [-0.1, -0.05) is 43.5 Å². The molecule has 1 heterocycles. The minimum Gasteiger partial charge on any atom is -0.497 e. The van der Waals surface area contributed by atoms with Crippen molar-refractivity contribution in [3.63, 3.8) is 0 Å². The van der Waals surface area contributed by atoms with E-state index in [0.717, 1.165) is 10.1 Å². The molecule has 2 aromatic carbocycles. The van der Waals surface area contributed by atoms with E-state index in [1.54, 1.807) is 61.7 Å². The molecular weight excluding hydrogens is 448 g/mol. The molecule has 0 aliphatic rings. The van der Waals surface area contributed by atoms with Crippen molar-refractivity contribution in [3.8, 4) is 5.75 Å². The van der Waals surface area contributed by atoms with Crippen LogP contribution >= 0.6 is 0 Å². The topological polar surface area (TPSA) is 104 Å². The number of esters is 1. The lowest BCUT2D eigenvalue weighted by Crippen LogP contribution is -2.43. The van der Waals surface area contributed by atoms with E-state index in [9.17, 15) is 14.4 Å². The second-order valence-electron chi connectivity index (χ2n) is 7.40. The number of hydrogen-bond donors (Lipinski definition) is 1. The van der Waals surface area contributed by atoms with E-state index in [1.165, 1.54) is 11.7 Å². The largest absolute Gasteiger partial charge is 0.497 e. The van der Waals surface area contributed by atoms with Crippen LogP contribution in [-0.4, -0.2) is 34.3 Å². The van der Waals surface area contributed by atoms with Crippen LogP contribution in [0.2, 0.25) is 0 Å². The van der Waals surface area contributed by atoms with Crippen LogP contribution in [0, 0.1) is 0 Å². The number of benzene rings is 2. The van der Waals surface area contributed by atoms with Gasteiger partial charge in [-0.3, -0.25) is 4.57 Å². The Labute approximate surface area is 202 Å². The summed E-state index contributed by atoms with van der Waals surface area (Å²) in [5, 5.41) is 3.01. The average molecular weight is 475 g/mol. The summed E-state index contributed by atoms with van der Waals surface area (Å²) in [6.07, 6.45) is 4.78. The van der Waals surface area contributed by atoms with Crippen LogP contribution in [0.4, 0.5) is 11.6 Å². The summed E-state index contributed by atoms with van der Waals surface area (Å²) in [6, 6.07) is 13.6. The molecule has 0 unspecified atom stereocenters. The third-order valence-electron chi connectivity index (χ3n) is 5.15. The molecule has 180 valence electrons. The number of ether oxygens (including phenoxy) is 2. The number of nitrogens with one attached hydrogen (secondary N) is 1. The molecule has 1 aromatic heterocycles. The Kier molecular flexibility index (Phi) is 8.18. The quantitative estimate of drug-likeness (QED) is 0.355. The van der Waals surface area contributed by atoms with Gasteiger partial charge in [0.15, 0.2) is 0 Å². The second-order valence-corrected chi connectivity index (χ2v) is 7.40. The van der Waals surface area contributed by atoms with Gasteiger partial charge in [-0.05, 0) is 47.5 Å². The number of rotatable bonds is 10. The smallest absolute Gasteiger partial charge is 0.355 e. The molecule has 9 nitrogen and oxygen atoms in total. The number of methoxy groups -OCH3 is 2. The van der Waals surface area contributed by atoms with Gasteiger partial charge in [-0.2, -0.15) is 4.98 Å². The molecule has 0 saturated carbocycles. The molecule has 35 heavy (non-hydrogen) atoms.